The van der Waals surface area contributed by atoms with Gasteiger partial charge < -0.3 is 15.4 Å². The summed E-state index contributed by atoms with van der Waals surface area (Å²) in [6.45, 7) is 1.66. The van der Waals surface area contributed by atoms with Crippen molar-refractivity contribution in [1.82, 2.24) is 15.3 Å². The quantitative estimate of drug-likeness (QED) is 0.501. The molecule has 1 heterocycles. The number of carbonyl (C=O) groups excluding carboxylic acids is 1. The molecule has 0 aliphatic heterocycles. The summed E-state index contributed by atoms with van der Waals surface area (Å²) in [6.07, 6.45) is 2.87. The topological polar surface area (TPSA) is 136 Å². The molecule has 9 nitrogen and oxygen atoms in total. The van der Waals surface area contributed by atoms with E-state index in [0.717, 1.165) is 12.0 Å². The lowest BCUT2D eigenvalue weighted by Crippen LogP contribution is -2.27. The fourth-order valence-electron chi connectivity index (χ4n) is 2.24. The van der Waals surface area contributed by atoms with Crippen molar-refractivity contribution >= 4 is 21.9 Å². The Labute approximate surface area is 158 Å². The number of nitrogens with zero attached hydrogens (tertiary/aromatic N) is 2. The summed E-state index contributed by atoms with van der Waals surface area (Å²) < 4.78 is 27.4. The number of methoxy groups -OCH3 is 1. The maximum Gasteiger partial charge on any atom is 0.270 e. The molecule has 0 saturated heterocycles. The molecule has 27 heavy (non-hydrogen) atoms. The Balaban J connectivity index is 1.83. The highest BCUT2D eigenvalue weighted by molar-refractivity contribution is 7.89. The molecule has 0 saturated carbocycles. The maximum absolute atomic E-state index is 12.2. The number of hydrogen-bond donors (Lipinski definition) is 3. The Bertz CT molecular complexity index is 856. The number of nitrogens with one attached hydrogen (secondary N) is 2. The molecular formula is C17H23N5O4S. The van der Waals surface area contributed by atoms with Crippen molar-refractivity contribution < 1.29 is 17.9 Å². The SMILES string of the molecule is COCCCNc1nccc(C(=O)NCCc2ccc(S(N)(=O)=O)cc2)n1. The smallest absolute Gasteiger partial charge is 0.270 e. The number of benzene rings is 1. The summed E-state index contributed by atoms with van der Waals surface area (Å²) in [5, 5.41) is 10.9. The van der Waals surface area contributed by atoms with Crippen LogP contribution in [0.4, 0.5) is 5.95 Å². The predicted octanol–water partition coefficient (Wildman–Crippen LogP) is 0.545. The molecule has 146 valence electrons. The Hall–Kier alpha value is -2.56. The van der Waals surface area contributed by atoms with Gasteiger partial charge in [-0.15, -0.1) is 0 Å². The fraction of sp³-hybridized carbons (Fsp3) is 0.353. The molecular weight excluding hydrogens is 370 g/mol. The van der Waals surface area contributed by atoms with Gasteiger partial charge in [-0.2, -0.15) is 0 Å². The van der Waals surface area contributed by atoms with Crippen LogP contribution in [0.1, 0.15) is 22.5 Å². The lowest BCUT2D eigenvalue weighted by molar-refractivity contribution is 0.0949. The monoisotopic (exact) mass is 393 g/mol. The third kappa shape index (κ3) is 6.93. The van der Waals surface area contributed by atoms with E-state index in [1.807, 2.05) is 0 Å². The molecule has 0 unspecified atom stereocenters. The van der Waals surface area contributed by atoms with Crippen molar-refractivity contribution in [2.24, 2.45) is 5.14 Å². The number of hydrogen-bond acceptors (Lipinski definition) is 7. The Kier molecular flexibility index (Phi) is 7.65. The van der Waals surface area contributed by atoms with Crippen LogP contribution in [0.25, 0.3) is 0 Å². The largest absolute Gasteiger partial charge is 0.385 e. The molecule has 0 radical (unpaired) electrons. The molecule has 0 aliphatic carbocycles. The minimum absolute atomic E-state index is 0.0572. The van der Waals surface area contributed by atoms with Gasteiger partial charge in [-0.3, -0.25) is 4.79 Å². The van der Waals surface area contributed by atoms with Crippen LogP contribution in [0, 0.1) is 0 Å². The number of sulfonamides is 1. The van der Waals surface area contributed by atoms with Crippen LogP contribution >= 0.6 is 0 Å². The number of anilines is 1. The second-order valence-corrected chi connectivity index (χ2v) is 7.29. The van der Waals surface area contributed by atoms with Gasteiger partial charge in [-0.05, 0) is 36.6 Å². The van der Waals surface area contributed by atoms with Crippen molar-refractivity contribution in [3.05, 3.63) is 47.8 Å². The van der Waals surface area contributed by atoms with Crippen LogP contribution in [0.3, 0.4) is 0 Å². The standard InChI is InChI=1S/C17H23N5O4S/c1-26-12-2-9-20-17-21-11-8-15(22-17)16(23)19-10-7-13-3-5-14(6-4-13)27(18,24)25/h3-6,8,11H,2,7,9-10,12H2,1H3,(H,19,23)(H2,18,24,25)(H,20,21,22). The van der Waals surface area contributed by atoms with Crippen molar-refractivity contribution in [3.8, 4) is 0 Å². The summed E-state index contributed by atoms with van der Waals surface area (Å²) >= 11 is 0. The number of amides is 1. The highest BCUT2D eigenvalue weighted by Gasteiger charge is 2.09. The average Bonchev–Trinajstić information content (AvgIpc) is 2.65. The van der Waals surface area contributed by atoms with E-state index in [1.165, 1.54) is 24.4 Å². The van der Waals surface area contributed by atoms with Gasteiger partial charge in [0.1, 0.15) is 5.69 Å². The number of carbonyl (C=O) groups is 1. The second kappa shape index (κ2) is 9.95. The first-order valence-electron chi connectivity index (χ1n) is 8.36. The molecule has 0 spiro atoms. The van der Waals surface area contributed by atoms with Gasteiger partial charge in [-0.25, -0.2) is 23.5 Å². The predicted molar refractivity (Wildman–Crippen MR) is 101 cm³/mol. The van der Waals surface area contributed by atoms with Crippen molar-refractivity contribution in [2.75, 3.05) is 32.1 Å². The molecule has 1 aromatic heterocycles. The van der Waals surface area contributed by atoms with Crippen LogP contribution in [-0.2, 0) is 21.2 Å². The van der Waals surface area contributed by atoms with Crippen LogP contribution in [-0.4, -0.2) is 51.1 Å². The molecule has 2 rings (SSSR count). The Morgan fingerprint density at radius 3 is 2.59 bits per heavy atom. The molecule has 0 atom stereocenters. The van der Waals surface area contributed by atoms with Crippen LogP contribution in [0.2, 0.25) is 0 Å². The van der Waals surface area contributed by atoms with E-state index in [9.17, 15) is 13.2 Å². The van der Waals surface area contributed by atoms with E-state index < -0.39 is 10.0 Å². The van der Waals surface area contributed by atoms with Gasteiger partial charge >= 0.3 is 0 Å². The maximum atomic E-state index is 12.2. The number of nitrogens with two attached hydrogens (primary N) is 1. The van der Waals surface area contributed by atoms with Crippen molar-refractivity contribution in [1.29, 1.82) is 0 Å². The molecule has 1 amide bonds. The molecule has 2 aromatic rings. The van der Waals surface area contributed by atoms with Gasteiger partial charge in [0.15, 0.2) is 0 Å². The summed E-state index contributed by atoms with van der Waals surface area (Å²) in [6, 6.07) is 7.75. The third-order valence-electron chi connectivity index (χ3n) is 3.65. The van der Waals surface area contributed by atoms with E-state index in [1.54, 1.807) is 19.2 Å². The van der Waals surface area contributed by atoms with Crippen LogP contribution in [0.15, 0.2) is 41.4 Å². The average molecular weight is 393 g/mol. The van der Waals surface area contributed by atoms with E-state index in [2.05, 4.69) is 20.6 Å². The summed E-state index contributed by atoms with van der Waals surface area (Å²) in [4.78, 5) is 20.5. The summed E-state index contributed by atoms with van der Waals surface area (Å²) in [5.41, 5.74) is 1.15. The normalized spacial score (nSPS) is 11.2. The third-order valence-corrected chi connectivity index (χ3v) is 4.58. The second-order valence-electron chi connectivity index (χ2n) is 5.73. The van der Waals surface area contributed by atoms with Crippen molar-refractivity contribution in [3.63, 3.8) is 0 Å². The molecule has 1 aromatic carbocycles. The van der Waals surface area contributed by atoms with Gasteiger partial charge in [-0.1, -0.05) is 12.1 Å². The number of rotatable bonds is 10. The molecule has 4 N–H and O–H groups in total. The number of aromatic nitrogens is 2. The zero-order chi connectivity index (χ0) is 19.7. The van der Waals surface area contributed by atoms with E-state index in [-0.39, 0.29) is 16.5 Å². The molecule has 0 bridgehead atoms. The fourth-order valence-corrected chi connectivity index (χ4v) is 2.76. The summed E-state index contributed by atoms with van der Waals surface area (Å²) in [7, 11) is -2.07. The van der Waals surface area contributed by atoms with Gasteiger partial charge in [0.2, 0.25) is 16.0 Å². The first kappa shape index (κ1) is 20.7. The number of ether oxygens (including phenoxy) is 1. The van der Waals surface area contributed by atoms with Gasteiger partial charge in [0.25, 0.3) is 5.91 Å². The minimum atomic E-state index is -3.70. The Morgan fingerprint density at radius 1 is 1.19 bits per heavy atom. The van der Waals surface area contributed by atoms with E-state index >= 15 is 0 Å². The lowest BCUT2D eigenvalue weighted by atomic mass is 10.1. The Morgan fingerprint density at radius 2 is 1.93 bits per heavy atom. The summed E-state index contributed by atoms with van der Waals surface area (Å²) in [5.74, 6) is 0.0795. The first-order valence-corrected chi connectivity index (χ1v) is 9.90. The van der Waals surface area contributed by atoms with E-state index in [4.69, 9.17) is 9.88 Å². The zero-order valence-electron chi connectivity index (χ0n) is 15.0. The highest BCUT2D eigenvalue weighted by Crippen LogP contribution is 2.09. The lowest BCUT2D eigenvalue weighted by Gasteiger charge is -2.08. The van der Waals surface area contributed by atoms with Gasteiger partial charge in [0.05, 0.1) is 4.90 Å². The molecule has 0 fully saturated rings. The molecule has 0 aliphatic rings. The minimum Gasteiger partial charge on any atom is -0.385 e. The van der Waals surface area contributed by atoms with Gasteiger partial charge in [0, 0.05) is 33.0 Å². The van der Waals surface area contributed by atoms with E-state index in [0.29, 0.717) is 32.1 Å². The highest BCUT2D eigenvalue weighted by atomic mass is 32.2. The first-order chi connectivity index (χ1) is 12.9. The number of primary sulfonamides is 1. The van der Waals surface area contributed by atoms with Crippen LogP contribution < -0.4 is 15.8 Å². The van der Waals surface area contributed by atoms with Crippen LogP contribution in [0.5, 0.6) is 0 Å². The zero-order valence-corrected chi connectivity index (χ0v) is 15.8. The van der Waals surface area contributed by atoms with Crippen molar-refractivity contribution in [2.45, 2.75) is 17.7 Å². The molecule has 10 heteroatoms.